The van der Waals surface area contributed by atoms with Gasteiger partial charge in [-0.1, -0.05) is 41.9 Å². The molecule has 0 aliphatic carbocycles. The van der Waals surface area contributed by atoms with Crippen molar-refractivity contribution < 1.29 is 27.9 Å². The van der Waals surface area contributed by atoms with Crippen LogP contribution >= 0.6 is 11.6 Å². The summed E-state index contributed by atoms with van der Waals surface area (Å²) < 4.78 is 33.4. The van der Waals surface area contributed by atoms with Crippen LogP contribution in [0.25, 0.3) is 0 Å². The molecule has 0 bridgehead atoms. The Morgan fingerprint density at radius 2 is 1.62 bits per heavy atom. The van der Waals surface area contributed by atoms with Crippen molar-refractivity contribution in [1.82, 2.24) is 14.6 Å². The summed E-state index contributed by atoms with van der Waals surface area (Å²) >= 11 is 5.95. The minimum atomic E-state index is -3.92. The lowest BCUT2D eigenvalue weighted by Crippen LogP contribution is -2.33. The van der Waals surface area contributed by atoms with Gasteiger partial charge in [-0.05, 0) is 71.8 Å². The second-order valence-corrected chi connectivity index (χ2v) is 11.1. The number of nitrogens with zero attached hydrogens (tertiary/aromatic N) is 2. The fourth-order valence-electron chi connectivity index (χ4n) is 3.92. The number of rotatable bonds is 11. The van der Waals surface area contributed by atoms with Gasteiger partial charge in [0.1, 0.15) is 5.75 Å². The zero-order valence-electron chi connectivity index (χ0n) is 21.4. The largest absolute Gasteiger partial charge is 0.497 e. The van der Waals surface area contributed by atoms with Crippen LogP contribution in [0, 0.1) is 0 Å². The van der Waals surface area contributed by atoms with Crippen LogP contribution in [0.2, 0.25) is 5.02 Å². The third-order valence-corrected chi connectivity index (χ3v) is 8.12. The zero-order chi connectivity index (χ0) is 28.7. The number of carbonyl (C=O) groups is 2. The van der Waals surface area contributed by atoms with E-state index in [0.29, 0.717) is 27.6 Å². The van der Waals surface area contributed by atoms with Crippen molar-refractivity contribution in [2.45, 2.75) is 24.0 Å². The molecule has 0 saturated carbocycles. The molecule has 0 radical (unpaired) electrons. The van der Waals surface area contributed by atoms with Crippen molar-refractivity contribution >= 4 is 33.5 Å². The molecule has 1 aromatic heterocycles. The van der Waals surface area contributed by atoms with Crippen LogP contribution in [0.1, 0.15) is 33.2 Å². The minimum Gasteiger partial charge on any atom is -0.497 e. The summed E-state index contributed by atoms with van der Waals surface area (Å²) in [7, 11) is -2.42. The molecule has 40 heavy (non-hydrogen) atoms. The van der Waals surface area contributed by atoms with Gasteiger partial charge in [-0.3, -0.25) is 9.78 Å². The third kappa shape index (κ3) is 7.03. The van der Waals surface area contributed by atoms with Crippen molar-refractivity contribution in [3.05, 3.63) is 125 Å². The number of nitrogens with one attached hydrogen (secondary N) is 1. The number of aliphatic carboxylic acids is 1. The first-order valence-electron chi connectivity index (χ1n) is 12.1. The summed E-state index contributed by atoms with van der Waals surface area (Å²) in [5, 5.41) is 12.6. The number of halogens is 1. The molecule has 4 aromatic rings. The predicted molar refractivity (Wildman–Crippen MR) is 149 cm³/mol. The molecule has 1 amide bonds. The number of pyridine rings is 1. The highest BCUT2D eigenvalue weighted by Crippen LogP contribution is 2.23. The van der Waals surface area contributed by atoms with Gasteiger partial charge in [-0.15, -0.1) is 0 Å². The Balaban J connectivity index is 1.53. The first-order chi connectivity index (χ1) is 19.2. The van der Waals surface area contributed by atoms with Crippen molar-refractivity contribution in [3.8, 4) is 5.75 Å². The lowest BCUT2D eigenvalue weighted by Gasteiger charge is -2.22. The number of ether oxygens (including phenoxy) is 1. The number of hydrogen-bond donors (Lipinski definition) is 2. The van der Waals surface area contributed by atoms with Gasteiger partial charge in [0.2, 0.25) is 10.0 Å². The Labute approximate surface area is 237 Å². The van der Waals surface area contributed by atoms with E-state index in [4.69, 9.17) is 16.3 Å². The van der Waals surface area contributed by atoms with E-state index < -0.39 is 27.9 Å². The van der Waals surface area contributed by atoms with Crippen LogP contribution in [0.15, 0.2) is 102 Å². The Bertz CT molecular complexity index is 1560. The lowest BCUT2D eigenvalue weighted by molar-refractivity contribution is -0.139. The molecular weight excluding hydrogens is 554 g/mol. The number of hydrogen-bond acceptors (Lipinski definition) is 6. The molecule has 4 rings (SSSR count). The normalized spacial score (nSPS) is 12.1. The van der Waals surface area contributed by atoms with Crippen LogP contribution in [-0.2, 0) is 27.9 Å². The van der Waals surface area contributed by atoms with Gasteiger partial charge in [0, 0.05) is 23.3 Å². The Hall–Kier alpha value is -4.25. The first-order valence-corrected chi connectivity index (χ1v) is 13.9. The summed E-state index contributed by atoms with van der Waals surface area (Å²) in [6.45, 7) is 0.0310. The van der Waals surface area contributed by atoms with Crippen molar-refractivity contribution in [1.29, 1.82) is 0 Å². The lowest BCUT2D eigenvalue weighted by atomic mass is 10.1. The highest BCUT2D eigenvalue weighted by atomic mass is 35.5. The van der Waals surface area contributed by atoms with Crippen molar-refractivity contribution in [2.75, 3.05) is 7.11 Å². The summed E-state index contributed by atoms with van der Waals surface area (Å²) in [4.78, 5) is 29.1. The summed E-state index contributed by atoms with van der Waals surface area (Å²) in [5.74, 6) is -1.24. The molecule has 1 atom stereocenters. The predicted octanol–water partition coefficient (Wildman–Crippen LogP) is 4.69. The molecule has 9 nitrogen and oxygen atoms in total. The average molecular weight is 580 g/mol. The topological polar surface area (TPSA) is 126 Å². The van der Waals surface area contributed by atoms with E-state index in [1.54, 1.807) is 60.8 Å². The molecule has 0 saturated heterocycles. The van der Waals surface area contributed by atoms with E-state index in [9.17, 15) is 23.1 Å². The second-order valence-electron chi connectivity index (χ2n) is 8.76. The summed E-state index contributed by atoms with van der Waals surface area (Å²) in [5.41, 5.74) is 1.79. The molecule has 11 heteroatoms. The van der Waals surface area contributed by atoms with Gasteiger partial charge in [-0.25, -0.2) is 13.2 Å². The highest BCUT2D eigenvalue weighted by molar-refractivity contribution is 7.89. The van der Waals surface area contributed by atoms with Gasteiger partial charge in [0.15, 0.2) is 6.04 Å². The quantitative estimate of drug-likeness (QED) is 0.264. The Morgan fingerprint density at radius 1 is 0.950 bits per heavy atom. The maximum Gasteiger partial charge on any atom is 0.330 e. The highest BCUT2D eigenvalue weighted by Gasteiger charge is 2.26. The molecule has 0 fully saturated rings. The third-order valence-electron chi connectivity index (χ3n) is 6.06. The molecule has 1 unspecified atom stereocenters. The zero-order valence-corrected chi connectivity index (χ0v) is 23.0. The fourth-order valence-corrected chi connectivity index (χ4v) is 5.44. The van der Waals surface area contributed by atoms with Gasteiger partial charge in [0.25, 0.3) is 5.91 Å². The number of carboxylic acids is 1. The Kier molecular flexibility index (Phi) is 9.15. The molecule has 0 spiro atoms. The monoisotopic (exact) mass is 579 g/mol. The van der Waals surface area contributed by atoms with Gasteiger partial charge < -0.3 is 15.2 Å². The van der Waals surface area contributed by atoms with E-state index in [2.05, 4.69) is 10.3 Å². The van der Waals surface area contributed by atoms with Gasteiger partial charge in [-0.2, -0.15) is 4.31 Å². The molecule has 0 aliphatic heterocycles. The first kappa shape index (κ1) is 28.8. The van der Waals surface area contributed by atoms with Crippen LogP contribution in [0.4, 0.5) is 0 Å². The minimum absolute atomic E-state index is 0.00698. The van der Waals surface area contributed by atoms with E-state index in [1.165, 1.54) is 47.8 Å². The molecule has 2 N–H and O–H groups in total. The molecular formula is C29H26ClN3O6S. The molecule has 0 aliphatic rings. The van der Waals surface area contributed by atoms with Gasteiger partial charge >= 0.3 is 5.97 Å². The maximum absolute atomic E-state index is 13.5. The van der Waals surface area contributed by atoms with E-state index in [1.807, 2.05) is 0 Å². The van der Waals surface area contributed by atoms with Crippen LogP contribution in [-0.4, -0.2) is 41.8 Å². The van der Waals surface area contributed by atoms with Crippen molar-refractivity contribution in [2.24, 2.45) is 0 Å². The number of carboxylic acid groups (broad SMARTS) is 1. The van der Waals surface area contributed by atoms with Crippen LogP contribution in [0.5, 0.6) is 5.75 Å². The number of amides is 1. The van der Waals surface area contributed by atoms with E-state index in [0.717, 1.165) is 0 Å². The summed E-state index contributed by atoms with van der Waals surface area (Å²) in [6.07, 6.45) is 1.59. The average Bonchev–Trinajstić information content (AvgIpc) is 2.96. The number of methoxy groups -OCH3 is 1. The fraction of sp³-hybridized carbons (Fsp3) is 0.138. The SMILES string of the molecule is COc1ccc(C(NC(=O)c2ccc(CN(Cc3ccccn3)S(=O)(=O)c3ccc(Cl)cc3)cc2)C(=O)O)cc1. The molecule has 1 heterocycles. The van der Waals surface area contributed by atoms with Crippen molar-refractivity contribution in [3.63, 3.8) is 0 Å². The standard InChI is InChI=1S/C29H26ClN3O6S/c1-39-25-13-9-21(10-14-25)27(29(35)36)32-28(34)22-7-5-20(6-8-22)18-33(19-24-4-2-3-17-31-24)40(37,38)26-15-11-23(30)12-16-26/h2-17,27H,18-19H2,1H3,(H,32,34)(H,35,36). The number of carbonyl (C=O) groups excluding carboxylic acids is 1. The Morgan fingerprint density at radius 3 is 2.20 bits per heavy atom. The van der Waals surface area contributed by atoms with Crippen LogP contribution < -0.4 is 10.1 Å². The number of benzene rings is 3. The van der Waals surface area contributed by atoms with Crippen LogP contribution in [0.3, 0.4) is 0 Å². The van der Waals surface area contributed by atoms with E-state index >= 15 is 0 Å². The smallest absolute Gasteiger partial charge is 0.330 e. The van der Waals surface area contributed by atoms with E-state index in [-0.39, 0.29) is 23.5 Å². The molecule has 206 valence electrons. The summed E-state index contributed by atoms with van der Waals surface area (Å²) in [6, 6.07) is 22.5. The number of sulfonamides is 1. The van der Waals surface area contributed by atoms with Gasteiger partial charge in [0.05, 0.1) is 24.2 Å². The molecule has 3 aromatic carbocycles. The second kappa shape index (κ2) is 12.7. The maximum atomic E-state index is 13.5. The number of aromatic nitrogens is 1.